The molecule has 0 bridgehead atoms. The summed E-state index contributed by atoms with van der Waals surface area (Å²) < 4.78 is 23.3. The summed E-state index contributed by atoms with van der Waals surface area (Å²) in [7, 11) is -3.09. The number of allylic oxidation sites excluding steroid dienone is 1. The quantitative estimate of drug-likeness (QED) is 0.793. The molecule has 0 unspecified atom stereocenters. The SMILES string of the molecule is CCCCS(=O)(=O)/C=C(\C)c1ccccn1. The third kappa shape index (κ3) is 4.14. The van der Waals surface area contributed by atoms with Crippen molar-refractivity contribution >= 4 is 15.4 Å². The molecule has 0 aliphatic rings. The van der Waals surface area contributed by atoms with Gasteiger partial charge in [-0.3, -0.25) is 4.98 Å². The first-order valence-electron chi connectivity index (χ1n) is 5.37. The van der Waals surface area contributed by atoms with Crippen molar-refractivity contribution < 1.29 is 8.42 Å². The molecule has 1 rings (SSSR count). The number of nitrogens with zero attached hydrogens (tertiary/aromatic N) is 1. The molecular formula is C12H17NO2S. The predicted molar refractivity (Wildman–Crippen MR) is 66.6 cm³/mol. The Morgan fingerprint density at radius 1 is 1.44 bits per heavy atom. The summed E-state index contributed by atoms with van der Waals surface area (Å²) >= 11 is 0. The maximum Gasteiger partial charge on any atom is 0.171 e. The highest BCUT2D eigenvalue weighted by Gasteiger charge is 2.07. The standard InChI is InChI=1S/C12H17NO2S/c1-3-4-9-16(14,15)10-11(2)12-7-5-6-8-13-12/h5-8,10H,3-4,9H2,1-2H3/b11-10+. The van der Waals surface area contributed by atoms with Crippen LogP contribution in [0.15, 0.2) is 29.8 Å². The van der Waals surface area contributed by atoms with E-state index in [2.05, 4.69) is 4.98 Å². The Hall–Kier alpha value is -1.16. The zero-order valence-corrected chi connectivity index (χ0v) is 10.5. The molecule has 0 aliphatic heterocycles. The van der Waals surface area contributed by atoms with Crippen molar-refractivity contribution in [2.45, 2.75) is 26.7 Å². The normalized spacial score (nSPS) is 12.8. The van der Waals surface area contributed by atoms with Crippen molar-refractivity contribution in [2.75, 3.05) is 5.75 Å². The van der Waals surface area contributed by atoms with Gasteiger partial charge in [0.05, 0.1) is 11.4 Å². The lowest BCUT2D eigenvalue weighted by Gasteiger charge is -2.01. The molecule has 3 nitrogen and oxygen atoms in total. The molecule has 0 aromatic carbocycles. The van der Waals surface area contributed by atoms with Crippen LogP contribution < -0.4 is 0 Å². The van der Waals surface area contributed by atoms with Crippen molar-refractivity contribution in [3.05, 3.63) is 35.5 Å². The van der Waals surface area contributed by atoms with E-state index in [1.165, 1.54) is 5.41 Å². The zero-order valence-electron chi connectivity index (χ0n) is 9.68. The monoisotopic (exact) mass is 239 g/mol. The van der Waals surface area contributed by atoms with Crippen LogP contribution >= 0.6 is 0 Å². The second-order valence-electron chi connectivity index (χ2n) is 3.74. The Balaban J connectivity index is 2.85. The van der Waals surface area contributed by atoms with Crippen molar-refractivity contribution in [1.82, 2.24) is 4.98 Å². The lowest BCUT2D eigenvalue weighted by Crippen LogP contribution is -2.02. The van der Waals surface area contributed by atoms with Gasteiger partial charge < -0.3 is 0 Å². The zero-order chi connectivity index (χ0) is 12.0. The third-order valence-electron chi connectivity index (χ3n) is 2.21. The lowest BCUT2D eigenvalue weighted by atomic mass is 10.2. The minimum Gasteiger partial charge on any atom is -0.257 e. The van der Waals surface area contributed by atoms with Crippen LogP contribution in [0.2, 0.25) is 0 Å². The van der Waals surface area contributed by atoms with Gasteiger partial charge in [0, 0.05) is 11.6 Å². The molecular weight excluding hydrogens is 222 g/mol. The molecule has 0 fully saturated rings. The van der Waals surface area contributed by atoms with Gasteiger partial charge >= 0.3 is 0 Å². The van der Waals surface area contributed by atoms with E-state index in [-0.39, 0.29) is 5.75 Å². The van der Waals surface area contributed by atoms with Gasteiger partial charge in [-0.25, -0.2) is 8.42 Å². The van der Waals surface area contributed by atoms with Gasteiger partial charge in [0.1, 0.15) is 0 Å². The number of rotatable bonds is 5. The van der Waals surface area contributed by atoms with Gasteiger partial charge in [0.25, 0.3) is 0 Å². The fourth-order valence-corrected chi connectivity index (χ4v) is 2.80. The van der Waals surface area contributed by atoms with Crippen molar-refractivity contribution in [3.8, 4) is 0 Å². The van der Waals surface area contributed by atoms with E-state index in [9.17, 15) is 8.42 Å². The summed E-state index contributed by atoms with van der Waals surface area (Å²) in [6, 6.07) is 5.46. The number of hydrogen-bond donors (Lipinski definition) is 0. The highest BCUT2D eigenvalue weighted by Crippen LogP contribution is 2.12. The molecule has 1 aromatic rings. The maximum atomic E-state index is 11.7. The summed E-state index contributed by atoms with van der Waals surface area (Å²) in [6.45, 7) is 3.75. The summed E-state index contributed by atoms with van der Waals surface area (Å²) in [5.41, 5.74) is 1.40. The molecule has 0 N–H and O–H groups in total. The van der Waals surface area contributed by atoms with Crippen LogP contribution in [0.3, 0.4) is 0 Å². The molecule has 0 aliphatic carbocycles. The maximum absolute atomic E-state index is 11.7. The van der Waals surface area contributed by atoms with E-state index < -0.39 is 9.84 Å². The number of sulfone groups is 1. The smallest absolute Gasteiger partial charge is 0.171 e. The van der Waals surface area contributed by atoms with Crippen molar-refractivity contribution in [2.24, 2.45) is 0 Å². The highest BCUT2D eigenvalue weighted by atomic mass is 32.2. The van der Waals surface area contributed by atoms with Gasteiger partial charge in [0.2, 0.25) is 0 Å². The molecule has 1 heterocycles. The van der Waals surface area contributed by atoms with Gasteiger partial charge in [-0.15, -0.1) is 0 Å². The molecule has 0 spiro atoms. The van der Waals surface area contributed by atoms with E-state index in [0.29, 0.717) is 17.7 Å². The molecule has 0 radical (unpaired) electrons. The second kappa shape index (κ2) is 5.80. The minimum absolute atomic E-state index is 0.216. The topological polar surface area (TPSA) is 47.0 Å². The minimum atomic E-state index is -3.09. The second-order valence-corrected chi connectivity index (χ2v) is 5.71. The van der Waals surface area contributed by atoms with Gasteiger partial charge in [-0.1, -0.05) is 19.4 Å². The molecule has 4 heteroatoms. The van der Waals surface area contributed by atoms with Crippen LogP contribution in [0, 0.1) is 0 Å². The van der Waals surface area contributed by atoms with E-state index in [1.807, 2.05) is 19.1 Å². The van der Waals surface area contributed by atoms with Crippen molar-refractivity contribution in [3.63, 3.8) is 0 Å². The van der Waals surface area contributed by atoms with Gasteiger partial charge in [0.15, 0.2) is 9.84 Å². The highest BCUT2D eigenvalue weighted by molar-refractivity contribution is 7.94. The molecule has 1 aromatic heterocycles. The Morgan fingerprint density at radius 2 is 2.19 bits per heavy atom. The average molecular weight is 239 g/mol. The first kappa shape index (κ1) is 12.9. The van der Waals surface area contributed by atoms with Crippen LogP contribution in [0.5, 0.6) is 0 Å². The fourth-order valence-electron chi connectivity index (χ4n) is 1.33. The fraction of sp³-hybridized carbons (Fsp3) is 0.417. The third-order valence-corrected chi connectivity index (χ3v) is 3.78. The van der Waals surface area contributed by atoms with Gasteiger partial charge in [-0.05, 0) is 31.1 Å². The molecule has 0 saturated carbocycles. The first-order valence-corrected chi connectivity index (χ1v) is 7.09. The van der Waals surface area contributed by atoms with Crippen molar-refractivity contribution in [1.29, 1.82) is 0 Å². The summed E-state index contributed by atoms with van der Waals surface area (Å²) in [5, 5.41) is 1.32. The van der Waals surface area contributed by atoms with Crippen LogP contribution in [0.25, 0.3) is 5.57 Å². The molecule has 0 saturated heterocycles. The van der Waals surface area contributed by atoms with Gasteiger partial charge in [-0.2, -0.15) is 0 Å². The molecule has 0 atom stereocenters. The first-order chi connectivity index (χ1) is 7.55. The summed E-state index contributed by atoms with van der Waals surface area (Å²) in [6.07, 6.45) is 3.25. The number of pyridine rings is 1. The van der Waals surface area contributed by atoms with Crippen LogP contribution in [-0.2, 0) is 9.84 Å². The van der Waals surface area contributed by atoms with Crippen LogP contribution in [0.4, 0.5) is 0 Å². The number of hydrogen-bond acceptors (Lipinski definition) is 3. The largest absolute Gasteiger partial charge is 0.257 e. The molecule has 88 valence electrons. The molecule has 16 heavy (non-hydrogen) atoms. The van der Waals surface area contributed by atoms with E-state index >= 15 is 0 Å². The number of unbranched alkanes of at least 4 members (excludes halogenated alkanes) is 1. The Morgan fingerprint density at radius 3 is 2.75 bits per heavy atom. The summed E-state index contributed by atoms with van der Waals surface area (Å²) in [4.78, 5) is 4.11. The van der Waals surface area contributed by atoms with E-state index in [0.717, 1.165) is 6.42 Å². The Labute approximate surface area is 97.1 Å². The summed E-state index contributed by atoms with van der Waals surface area (Å²) in [5.74, 6) is 0.216. The van der Waals surface area contributed by atoms with E-state index in [1.54, 1.807) is 19.2 Å². The Kier molecular flexibility index (Phi) is 4.68. The average Bonchev–Trinajstić information content (AvgIpc) is 2.27. The number of aromatic nitrogens is 1. The predicted octanol–water partition coefficient (Wildman–Crippen LogP) is 2.66. The van der Waals surface area contributed by atoms with E-state index in [4.69, 9.17) is 0 Å². The molecule has 0 amide bonds. The lowest BCUT2D eigenvalue weighted by molar-refractivity contribution is 0.601. The van der Waals surface area contributed by atoms with Crippen LogP contribution in [0.1, 0.15) is 32.4 Å². The van der Waals surface area contributed by atoms with Crippen LogP contribution in [-0.4, -0.2) is 19.2 Å². The Bertz CT molecular complexity index is 449.